The molecule has 0 saturated carbocycles. The molecule has 0 bridgehead atoms. The van der Waals surface area contributed by atoms with Crippen molar-refractivity contribution >= 4 is 15.7 Å². The summed E-state index contributed by atoms with van der Waals surface area (Å²) in [4.78, 5) is -0.117. The van der Waals surface area contributed by atoms with E-state index in [9.17, 15) is 12.8 Å². The highest BCUT2D eigenvalue weighted by atomic mass is 32.2. The van der Waals surface area contributed by atoms with Gasteiger partial charge in [-0.3, -0.25) is 0 Å². The molecular formula is C15H17FN2O2S. The van der Waals surface area contributed by atoms with E-state index in [1.54, 1.807) is 0 Å². The Morgan fingerprint density at radius 2 is 1.81 bits per heavy atom. The number of nitrogens with one attached hydrogen (secondary N) is 1. The van der Waals surface area contributed by atoms with Gasteiger partial charge in [0.15, 0.2) is 0 Å². The molecule has 0 aliphatic rings. The molecule has 21 heavy (non-hydrogen) atoms. The minimum atomic E-state index is -3.70. The Labute approximate surface area is 123 Å². The van der Waals surface area contributed by atoms with Gasteiger partial charge in [-0.05, 0) is 36.6 Å². The van der Waals surface area contributed by atoms with Crippen LogP contribution < -0.4 is 10.5 Å². The van der Waals surface area contributed by atoms with Gasteiger partial charge in [0.05, 0.1) is 10.6 Å². The number of benzene rings is 2. The second kappa shape index (κ2) is 6.69. The minimum Gasteiger partial charge on any atom is -0.396 e. The zero-order valence-electron chi connectivity index (χ0n) is 11.4. The molecule has 112 valence electrons. The molecule has 4 nitrogen and oxygen atoms in total. The van der Waals surface area contributed by atoms with Crippen molar-refractivity contribution in [1.29, 1.82) is 0 Å². The van der Waals surface area contributed by atoms with Crippen molar-refractivity contribution in [1.82, 2.24) is 4.72 Å². The normalized spacial score (nSPS) is 11.5. The Morgan fingerprint density at radius 3 is 2.48 bits per heavy atom. The first-order chi connectivity index (χ1) is 9.99. The number of aryl methyl sites for hydroxylation is 1. The van der Waals surface area contributed by atoms with Crippen LogP contribution in [0, 0.1) is 5.82 Å². The number of rotatable bonds is 6. The van der Waals surface area contributed by atoms with Gasteiger partial charge < -0.3 is 5.73 Å². The fourth-order valence-corrected chi connectivity index (χ4v) is 2.99. The summed E-state index contributed by atoms with van der Waals surface area (Å²) in [6.45, 7) is 0.295. The van der Waals surface area contributed by atoms with E-state index in [-0.39, 0.29) is 10.6 Å². The van der Waals surface area contributed by atoms with Gasteiger partial charge in [-0.1, -0.05) is 30.3 Å². The van der Waals surface area contributed by atoms with Crippen molar-refractivity contribution in [2.75, 3.05) is 12.3 Å². The van der Waals surface area contributed by atoms with E-state index >= 15 is 0 Å². The molecule has 0 unspecified atom stereocenters. The van der Waals surface area contributed by atoms with Gasteiger partial charge in [-0.15, -0.1) is 0 Å². The summed E-state index contributed by atoms with van der Waals surface area (Å²) in [5.74, 6) is -0.734. The van der Waals surface area contributed by atoms with Gasteiger partial charge in [0.1, 0.15) is 5.82 Å². The van der Waals surface area contributed by atoms with E-state index < -0.39 is 15.8 Å². The van der Waals surface area contributed by atoms with Crippen LogP contribution in [0.15, 0.2) is 53.4 Å². The molecule has 0 spiro atoms. The van der Waals surface area contributed by atoms with Gasteiger partial charge in [0, 0.05) is 6.54 Å². The monoisotopic (exact) mass is 308 g/mol. The number of nitrogen functional groups attached to an aromatic ring is 1. The summed E-state index contributed by atoms with van der Waals surface area (Å²) in [5, 5.41) is 0. The molecular weight excluding hydrogens is 291 g/mol. The first-order valence-corrected chi connectivity index (χ1v) is 8.06. The largest absolute Gasteiger partial charge is 0.396 e. The van der Waals surface area contributed by atoms with Crippen LogP contribution in [0.1, 0.15) is 12.0 Å². The van der Waals surface area contributed by atoms with Crippen molar-refractivity contribution in [2.45, 2.75) is 17.7 Å². The second-order valence-electron chi connectivity index (χ2n) is 4.67. The van der Waals surface area contributed by atoms with Crippen LogP contribution in [0.25, 0.3) is 0 Å². The fraction of sp³-hybridized carbons (Fsp3) is 0.200. The van der Waals surface area contributed by atoms with E-state index in [4.69, 9.17) is 5.73 Å². The van der Waals surface area contributed by atoms with Crippen molar-refractivity contribution in [3.63, 3.8) is 0 Å². The van der Waals surface area contributed by atoms with E-state index in [0.29, 0.717) is 13.0 Å². The van der Waals surface area contributed by atoms with Gasteiger partial charge in [-0.2, -0.15) is 0 Å². The molecule has 0 aliphatic carbocycles. The smallest absolute Gasteiger partial charge is 0.240 e. The molecule has 0 heterocycles. The molecule has 2 aromatic carbocycles. The van der Waals surface area contributed by atoms with E-state index in [0.717, 1.165) is 18.1 Å². The van der Waals surface area contributed by atoms with Gasteiger partial charge in [0.2, 0.25) is 10.0 Å². The molecule has 0 saturated heterocycles. The summed E-state index contributed by atoms with van der Waals surface area (Å²) in [5.41, 5.74) is 6.40. The fourth-order valence-electron chi connectivity index (χ4n) is 1.90. The Hall–Kier alpha value is -1.92. The van der Waals surface area contributed by atoms with Crippen molar-refractivity contribution < 1.29 is 12.8 Å². The van der Waals surface area contributed by atoms with Crippen molar-refractivity contribution in [2.24, 2.45) is 0 Å². The molecule has 0 aliphatic heterocycles. The molecule has 2 aromatic rings. The molecule has 3 N–H and O–H groups in total. The summed E-state index contributed by atoms with van der Waals surface area (Å²) < 4.78 is 39.7. The van der Waals surface area contributed by atoms with Crippen LogP contribution in [-0.4, -0.2) is 15.0 Å². The topological polar surface area (TPSA) is 72.2 Å². The quantitative estimate of drug-likeness (QED) is 0.635. The highest BCUT2D eigenvalue weighted by Gasteiger charge is 2.14. The molecule has 0 fully saturated rings. The minimum absolute atomic E-state index is 0.0713. The van der Waals surface area contributed by atoms with Gasteiger partial charge in [0.25, 0.3) is 0 Å². The van der Waals surface area contributed by atoms with E-state index in [1.807, 2.05) is 30.3 Å². The lowest BCUT2D eigenvalue weighted by Crippen LogP contribution is -2.25. The highest BCUT2D eigenvalue weighted by molar-refractivity contribution is 7.89. The van der Waals surface area contributed by atoms with Crippen LogP contribution in [0.3, 0.4) is 0 Å². The number of anilines is 1. The van der Waals surface area contributed by atoms with Crippen LogP contribution in [0.5, 0.6) is 0 Å². The summed E-state index contributed by atoms with van der Waals surface area (Å²) in [6, 6.07) is 13.3. The lowest BCUT2D eigenvalue weighted by Gasteiger charge is -2.07. The average molecular weight is 308 g/mol. The number of halogens is 1. The molecule has 0 radical (unpaired) electrons. The molecule has 2 rings (SSSR count). The van der Waals surface area contributed by atoms with Crippen LogP contribution in [-0.2, 0) is 16.4 Å². The molecule has 0 atom stereocenters. The number of hydrogen-bond donors (Lipinski definition) is 2. The summed E-state index contributed by atoms with van der Waals surface area (Å²) >= 11 is 0. The van der Waals surface area contributed by atoms with Crippen molar-refractivity contribution in [3.8, 4) is 0 Å². The second-order valence-corrected chi connectivity index (χ2v) is 6.44. The summed E-state index contributed by atoms with van der Waals surface area (Å²) in [6.07, 6.45) is 1.44. The molecule has 6 heteroatoms. The maximum Gasteiger partial charge on any atom is 0.240 e. The third-order valence-corrected chi connectivity index (χ3v) is 4.52. The first kappa shape index (κ1) is 15.5. The standard InChI is InChI=1S/C15H17FN2O2S/c16-14-11-13(8-9-15(14)17)21(19,20)18-10-4-7-12-5-2-1-3-6-12/h1-3,5-6,8-9,11,18H,4,7,10,17H2. The predicted molar refractivity (Wildman–Crippen MR) is 80.8 cm³/mol. The maximum absolute atomic E-state index is 13.3. The third kappa shape index (κ3) is 4.27. The average Bonchev–Trinajstić information content (AvgIpc) is 2.47. The van der Waals surface area contributed by atoms with E-state index in [1.165, 1.54) is 12.1 Å². The zero-order chi connectivity index (χ0) is 15.3. The first-order valence-electron chi connectivity index (χ1n) is 6.58. The zero-order valence-corrected chi connectivity index (χ0v) is 12.2. The van der Waals surface area contributed by atoms with Crippen LogP contribution in [0.4, 0.5) is 10.1 Å². The maximum atomic E-state index is 13.3. The molecule has 0 aromatic heterocycles. The lowest BCUT2D eigenvalue weighted by molar-refractivity contribution is 0.575. The van der Waals surface area contributed by atoms with Crippen LogP contribution in [0.2, 0.25) is 0 Å². The Kier molecular flexibility index (Phi) is 4.93. The third-order valence-electron chi connectivity index (χ3n) is 3.06. The van der Waals surface area contributed by atoms with Gasteiger partial charge >= 0.3 is 0 Å². The van der Waals surface area contributed by atoms with Crippen molar-refractivity contribution in [3.05, 3.63) is 59.9 Å². The number of hydrogen-bond acceptors (Lipinski definition) is 3. The Morgan fingerprint density at radius 1 is 1.10 bits per heavy atom. The molecule has 0 amide bonds. The number of sulfonamides is 1. The van der Waals surface area contributed by atoms with E-state index in [2.05, 4.69) is 4.72 Å². The predicted octanol–water partition coefficient (Wildman–Crippen LogP) is 2.32. The van der Waals surface area contributed by atoms with Crippen LogP contribution >= 0.6 is 0 Å². The van der Waals surface area contributed by atoms with Gasteiger partial charge in [-0.25, -0.2) is 17.5 Å². The SMILES string of the molecule is Nc1ccc(S(=O)(=O)NCCCc2ccccc2)cc1F. The Balaban J connectivity index is 1.91. The lowest BCUT2D eigenvalue weighted by atomic mass is 10.1. The summed E-state index contributed by atoms with van der Waals surface area (Å²) in [7, 11) is -3.70. The highest BCUT2D eigenvalue weighted by Crippen LogP contribution is 2.16. The Bertz CT molecular complexity index is 703. The number of nitrogens with two attached hydrogens (primary N) is 1.